The number of aliphatic carboxylic acids is 3. The van der Waals surface area contributed by atoms with Gasteiger partial charge in [-0.2, -0.15) is 0 Å². The lowest BCUT2D eigenvalue weighted by molar-refractivity contribution is -0.143. The number of carboxylic acids is 3. The maximum atomic E-state index is 13.0. The van der Waals surface area contributed by atoms with Crippen LogP contribution in [0.2, 0.25) is 0 Å². The highest BCUT2D eigenvalue weighted by Gasteiger charge is 2.31. The van der Waals surface area contributed by atoms with E-state index in [2.05, 4.69) is 16.0 Å². The lowest BCUT2D eigenvalue weighted by Gasteiger charge is -2.25. The van der Waals surface area contributed by atoms with Gasteiger partial charge in [-0.25, -0.2) is 4.79 Å². The molecule has 15 heteroatoms. The molecule has 0 bridgehead atoms. The number of nitrogens with one attached hydrogen (secondary N) is 3. The molecule has 0 aliphatic heterocycles. The molecule has 0 saturated carbocycles. The second kappa shape index (κ2) is 16.3. The molecule has 0 spiro atoms. The van der Waals surface area contributed by atoms with Gasteiger partial charge in [0.25, 0.3) is 0 Å². The van der Waals surface area contributed by atoms with E-state index in [0.29, 0.717) is 5.56 Å². The van der Waals surface area contributed by atoms with Crippen LogP contribution in [0, 0.1) is 0 Å². The number of carbonyl (C=O) groups is 7. The molecule has 4 atom stereocenters. The Morgan fingerprint density at radius 3 is 1.62 bits per heavy atom. The summed E-state index contributed by atoms with van der Waals surface area (Å²) in [5.41, 5.74) is 11.4. The van der Waals surface area contributed by atoms with E-state index in [1.807, 2.05) is 0 Å². The molecule has 0 heterocycles. The highest BCUT2D eigenvalue weighted by Crippen LogP contribution is 2.07. The van der Waals surface area contributed by atoms with Gasteiger partial charge in [0.15, 0.2) is 0 Å². The van der Waals surface area contributed by atoms with Crippen LogP contribution in [-0.2, 0) is 40.0 Å². The van der Waals surface area contributed by atoms with Crippen molar-refractivity contribution in [1.82, 2.24) is 16.0 Å². The normalized spacial score (nSPS) is 13.7. The van der Waals surface area contributed by atoms with Crippen LogP contribution < -0.4 is 27.4 Å². The van der Waals surface area contributed by atoms with Crippen LogP contribution in [0.5, 0.6) is 0 Å². The third-order valence-electron chi connectivity index (χ3n) is 5.50. The predicted molar refractivity (Wildman–Crippen MR) is 134 cm³/mol. The Morgan fingerprint density at radius 2 is 1.13 bits per heavy atom. The third kappa shape index (κ3) is 13.0. The largest absolute Gasteiger partial charge is 0.481 e. The van der Waals surface area contributed by atoms with E-state index in [1.54, 1.807) is 30.3 Å². The van der Waals surface area contributed by atoms with Crippen LogP contribution in [-0.4, -0.2) is 81.0 Å². The Balaban J connectivity index is 3.05. The van der Waals surface area contributed by atoms with Crippen LogP contribution in [0.3, 0.4) is 0 Å². The van der Waals surface area contributed by atoms with Gasteiger partial charge in [-0.15, -0.1) is 0 Å². The fourth-order valence-corrected chi connectivity index (χ4v) is 3.38. The number of primary amides is 1. The number of nitrogens with two attached hydrogens (primary N) is 2. The molecule has 0 radical (unpaired) electrons. The van der Waals surface area contributed by atoms with Gasteiger partial charge >= 0.3 is 17.9 Å². The van der Waals surface area contributed by atoms with E-state index in [1.165, 1.54) is 0 Å². The molecule has 1 aromatic rings. The molecule has 0 saturated heterocycles. The predicted octanol–water partition coefficient (Wildman–Crippen LogP) is -1.91. The Hall–Kier alpha value is -4.53. The first kappa shape index (κ1) is 32.5. The zero-order valence-corrected chi connectivity index (χ0v) is 21.0. The summed E-state index contributed by atoms with van der Waals surface area (Å²) in [6.07, 6.45) is -2.39. The Bertz CT molecular complexity index is 1050. The van der Waals surface area contributed by atoms with Crippen molar-refractivity contribution in [2.45, 2.75) is 69.1 Å². The summed E-state index contributed by atoms with van der Waals surface area (Å²) in [4.78, 5) is 83.2. The van der Waals surface area contributed by atoms with Crippen molar-refractivity contribution in [3.05, 3.63) is 35.9 Å². The first-order valence-corrected chi connectivity index (χ1v) is 12.0. The van der Waals surface area contributed by atoms with Gasteiger partial charge in [0.05, 0.1) is 6.04 Å². The lowest BCUT2D eigenvalue weighted by atomic mass is 10.0. The minimum Gasteiger partial charge on any atom is -0.481 e. The van der Waals surface area contributed by atoms with Gasteiger partial charge in [-0.3, -0.25) is 28.8 Å². The average Bonchev–Trinajstić information content (AvgIpc) is 2.86. The molecule has 0 fully saturated rings. The van der Waals surface area contributed by atoms with Gasteiger partial charge in [0.1, 0.15) is 18.1 Å². The molecule has 39 heavy (non-hydrogen) atoms. The smallest absolute Gasteiger partial charge is 0.326 e. The Morgan fingerprint density at radius 1 is 0.667 bits per heavy atom. The van der Waals surface area contributed by atoms with Gasteiger partial charge in [-0.1, -0.05) is 30.3 Å². The summed E-state index contributed by atoms with van der Waals surface area (Å²) in [5.74, 6) is -7.52. The zero-order valence-electron chi connectivity index (χ0n) is 21.0. The van der Waals surface area contributed by atoms with E-state index < -0.39 is 85.0 Å². The second-order valence-electron chi connectivity index (χ2n) is 8.69. The van der Waals surface area contributed by atoms with Gasteiger partial charge in [0.2, 0.25) is 23.6 Å². The fourth-order valence-electron chi connectivity index (χ4n) is 3.38. The van der Waals surface area contributed by atoms with E-state index in [4.69, 9.17) is 21.7 Å². The van der Waals surface area contributed by atoms with Crippen LogP contribution >= 0.6 is 0 Å². The van der Waals surface area contributed by atoms with Gasteiger partial charge in [0, 0.05) is 25.7 Å². The summed E-state index contributed by atoms with van der Waals surface area (Å²) < 4.78 is 0. The number of rotatable bonds is 18. The Kier molecular flexibility index (Phi) is 13.6. The average molecular weight is 552 g/mol. The summed E-state index contributed by atoms with van der Waals surface area (Å²) in [6, 6.07) is 2.73. The molecule has 0 aromatic heterocycles. The summed E-state index contributed by atoms with van der Waals surface area (Å²) in [5, 5.41) is 34.2. The number of hydrogen-bond donors (Lipinski definition) is 8. The number of amides is 4. The first-order chi connectivity index (χ1) is 18.3. The molecule has 214 valence electrons. The van der Waals surface area contributed by atoms with Crippen molar-refractivity contribution < 1.29 is 48.9 Å². The topological polar surface area (TPSA) is 268 Å². The molecule has 1 aromatic carbocycles. The maximum Gasteiger partial charge on any atom is 0.326 e. The van der Waals surface area contributed by atoms with Crippen LogP contribution in [0.1, 0.15) is 44.1 Å². The zero-order chi connectivity index (χ0) is 29.5. The molecule has 10 N–H and O–H groups in total. The summed E-state index contributed by atoms with van der Waals surface area (Å²) in [6.45, 7) is 0. The van der Waals surface area contributed by atoms with Crippen molar-refractivity contribution in [3.8, 4) is 0 Å². The standard InChI is InChI=1S/C24H33N5O10/c25-14(6-10-19(31)32)21(35)27-15(7-9-18(26)30)22(36)28-16(8-11-20(33)34)23(37)29-17(24(38)39)12-13-4-2-1-3-5-13/h1-5,14-17H,6-12,25H2,(H2,26,30)(H,27,35)(H,28,36)(H,29,37)(H,31,32)(H,33,34)(H,38,39). The molecular weight excluding hydrogens is 518 g/mol. The third-order valence-corrected chi connectivity index (χ3v) is 5.50. The molecular formula is C24H33N5O10. The van der Waals surface area contributed by atoms with Crippen LogP contribution in [0.15, 0.2) is 30.3 Å². The van der Waals surface area contributed by atoms with Crippen LogP contribution in [0.4, 0.5) is 0 Å². The molecule has 15 nitrogen and oxygen atoms in total. The lowest BCUT2D eigenvalue weighted by Crippen LogP contribution is -2.57. The molecule has 0 aliphatic carbocycles. The van der Waals surface area contributed by atoms with Gasteiger partial charge in [-0.05, 0) is 24.8 Å². The van der Waals surface area contributed by atoms with E-state index in [-0.39, 0.29) is 25.7 Å². The molecule has 1 rings (SSSR count). The number of benzene rings is 1. The minimum absolute atomic E-state index is 0.0902. The quantitative estimate of drug-likeness (QED) is 0.0997. The van der Waals surface area contributed by atoms with E-state index in [0.717, 1.165) is 0 Å². The number of carbonyl (C=O) groups excluding carboxylic acids is 4. The summed E-state index contributed by atoms with van der Waals surface area (Å²) in [7, 11) is 0. The first-order valence-electron chi connectivity index (χ1n) is 12.0. The molecule has 0 aliphatic rings. The van der Waals surface area contributed by atoms with Crippen LogP contribution in [0.25, 0.3) is 0 Å². The molecule has 4 unspecified atom stereocenters. The fraction of sp³-hybridized carbons (Fsp3) is 0.458. The maximum absolute atomic E-state index is 13.0. The summed E-state index contributed by atoms with van der Waals surface area (Å²) >= 11 is 0. The van der Waals surface area contributed by atoms with Gasteiger partial charge < -0.3 is 42.7 Å². The molecule has 4 amide bonds. The van der Waals surface area contributed by atoms with E-state index in [9.17, 15) is 38.7 Å². The second-order valence-corrected chi connectivity index (χ2v) is 8.69. The SMILES string of the molecule is NC(=O)CCC(NC(=O)C(N)CCC(=O)O)C(=O)NC(CCC(=O)O)C(=O)NC(Cc1ccccc1)C(=O)O. The van der Waals surface area contributed by atoms with Crippen molar-refractivity contribution in [2.75, 3.05) is 0 Å². The van der Waals surface area contributed by atoms with Crippen molar-refractivity contribution in [1.29, 1.82) is 0 Å². The minimum atomic E-state index is -1.51. The van der Waals surface area contributed by atoms with E-state index >= 15 is 0 Å². The number of carboxylic acid groups (broad SMARTS) is 3. The number of hydrogen-bond acceptors (Lipinski definition) is 8. The van der Waals surface area contributed by atoms with Crippen molar-refractivity contribution in [2.24, 2.45) is 11.5 Å². The van der Waals surface area contributed by atoms with Crippen molar-refractivity contribution >= 4 is 41.5 Å². The highest BCUT2D eigenvalue weighted by molar-refractivity contribution is 5.94. The monoisotopic (exact) mass is 551 g/mol. The highest BCUT2D eigenvalue weighted by atomic mass is 16.4. The van der Waals surface area contributed by atoms with Crippen molar-refractivity contribution in [3.63, 3.8) is 0 Å². The Labute approximate surface area is 223 Å².